The molecule has 0 amide bonds. The zero-order chi connectivity index (χ0) is 10.9. The zero-order valence-electron chi connectivity index (χ0n) is 9.07. The molecule has 2 fully saturated rings. The molecule has 1 aliphatic heterocycles. The maximum Gasteiger partial charge on any atom is 0.335 e. The molecular formula is C11H18O3S. The Bertz CT molecular complexity index is 244. The molecule has 1 heterocycles. The van der Waals surface area contributed by atoms with Gasteiger partial charge in [-0.15, -0.1) is 0 Å². The van der Waals surface area contributed by atoms with Crippen LogP contribution in [0.2, 0.25) is 0 Å². The van der Waals surface area contributed by atoms with Crippen molar-refractivity contribution in [2.75, 3.05) is 18.6 Å². The first-order chi connectivity index (χ1) is 7.20. The van der Waals surface area contributed by atoms with E-state index in [9.17, 15) is 9.90 Å². The molecule has 2 rings (SSSR count). The molecule has 0 spiro atoms. The molecule has 3 nitrogen and oxygen atoms in total. The first-order valence-corrected chi connectivity index (χ1v) is 6.70. The van der Waals surface area contributed by atoms with Crippen molar-refractivity contribution in [3.63, 3.8) is 0 Å². The number of aliphatic hydroxyl groups is 1. The van der Waals surface area contributed by atoms with Crippen molar-refractivity contribution < 1.29 is 14.6 Å². The van der Waals surface area contributed by atoms with Crippen LogP contribution in [-0.2, 0) is 9.53 Å². The van der Waals surface area contributed by atoms with Gasteiger partial charge in [0.25, 0.3) is 0 Å². The lowest BCUT2D eigenvalue weighted by molar-refractivity contribution is -0.156. The van der Waals surface area contributed by atoms with E-state index in [1.807, 2.05) is 11.8 Å². The minimum Gasteiger partial charge on any atom is -0.467 e. The number of carbonyl (C=O) groups excluding carboxylic acids is 1. The van der Waals surface area contributed by atoms with Crippen molar-refractivity contribution in [3.8, 4) is 0 Å². The summed E-state index contributed by atoms with van der Waals surface area (Å²) in [5, 5.41) is 9.98. The quantitative estimate of drug-likeness (QED) is 0.745. The second kappa shape index (κ2) is 4.34. The molecule has 1 N–H and O–H groups in total. The van der Waals surface area contributed by atoms with Gasteiger partial charge in [0.15, 0.2) is 6.10 Å². The minimum absolute atomic E-state index is 0.138. The molecule has 0 bridgehead atoms. The normalized spacial score (nSPS) is 30.7. The van der Waals surface area contributed by atoms with Crippen LogP contribution in [0.25, 0.3) is 0 Å². The van der Waals surface area contributed by atoms with Crippen LogP contribution >= 0.6 is 11.8 Å². The standard InChI is InChI=1S/C11H18O3S/c1-14-10(13)9(12)11(4-5-11)8-3-2-6-15-7-8/h8-9,12H,2-7H2,1H3. The molecule has 1 saturated carbocycles. The van der Waals surface area contributed by atoms with Crippen molar-refractivity contribution in [3.05, 3.63) is 0 Å². The van der Waals surface area contributed by atoms with Crippen LogP contribution in [0.5, 0.6) is 0 Å². The Morgan fingerprint density at radius 3 is 2.80 bits per heavy atom. The molecule has 0 radical (unpaired) electrons. The summed E-state index contributed by atoms with van der Waals surface area (Å²) in [6.45, 7) is 0. The summed E-state index contributed by atoms with van der Waals surface area (Å²) >= 11 is 1.94. The summed E-state index contributed by atoms with van der Waals surface area (Å²) in [4.78, 5) is 11.4. The average Bonchev–Trinajstić information content (AvgIpc) is 3.09. The number of rotatable bonds is 3. The minimum atomic E-state index is -0.897. The highest BCUT2D eigenvalue weighted by molar-refractivity contribution is 7.99. The van der Waals surface area contributed by atoms with Gasteiger partial charge in [0.05, 0.1) is 7.11 Å². The van der Waals surface area contributed by atoms with Crippen LogP contribution < -0.4 is 0 Å². The lowest BCUT2D eigenvalue weighted by atomic mass is 9.82. The van der Waals surface area contributed by atoms with E-state index in [1.165, 1.54) is 19.3 Å². The van der Waals surface area contributed by atoms with E-state index >= 15 is 0 Å². The smallest absolute Gasteiger partial charge is 0.335 e. The first kappa shape index (κ1) is 11.3. The highest BCUT2D eigenvalue weighted by Crippen LogP contribution is 2.58. The van der Waals surface area contributed by atoms with E-state index in [0.29, 0.717) is 5.92 Å². The lowest BCUT2D eigenvalue weighted by Gasteiger charge is -2.32. The number of methoxy groups -OCH3 is 1. The Hall–Kier alpha value is -0.220. The van der Waals surface area contributed by atoms with Crippen molar-refractivity contribution in [1.82, 2.24) is 0 Å². The Balaban J connectivity index is 2.02. The van der Waals surface area contributed by atoms with E-state index in [0.717, 1.165) is 25.0 Å². The summed E-state index contributed by atoms with van der Waals surface area (Å²) in [6.07, 6.45) is 3.43. The van der Waals surface area contributed by atoms with Gasteiger partial charge in [0.1, 0.15) is 0 Å². The number of hydrogen-bond acceptors (Lipinski definition) is 4. The van der Waals surface area contributed by atoms with Crippen LogP contribution in [0.1, 0.15) is 25.7 Å². The molecule has 4 heteroatoms. The fraction of sp³-hybridized carbons (Fsp3) is 0.909. The third-order valence-electron chi connectivity index (χ3n) is 3.77. The second-order valence-electron chi connectivity index (χ2n) is 4.57. The van der Waals surface area contributed by atoms with Gasteiger partial charge in [-0.1, -0.05) is 0 Å². The molecule has 2 unspecified atom stereocenters. The predicted octanol–water partition coefficient (Wildman–Crippen LogP) is 1.44. The molecule has 2 atom stereocenters. The lowest BCUT2D eigenvalue weighted by Crippen LogP contribution is -2.39. The highest BCUT2D eigenvalue weighted by atomic mass is 32.2. The van der Waals surface area contributed by atoms with Gasteiger partial charge in [-0.05, 0) is 43.1 Å². The van der Waals surface area contributed by atoms with Gasteiger partial charge in [0.2, 0.25) is 0 Å². The molecule has 1 saturated heterocycles. The molecule has 2 aliphatic rings. The zero-order valence-corrected chi connectivity index (χ0v) is 9.89. The molecule has 0 aromatic rings. The molecular weight excluding hydrogens is 212 g/mol. The molecule has 0 aromatic heterocycles. The topological polar surface area (TPSA) is 46.5 Å². The summed E-state index contributed by atoms with van der Waals surface area (Å²) < 4.78 is 4.63. The monoisotopic (exact) mass is 230 g/mol. The second-order valence-corrected chi connectivity index (χ2v) is 5.72. The van der Waals surface area contributed by atoms with Crippen molar-refractivity contribution in [1.29, 1.82) is 0 Å². The maximum absolute atomic E-state index is 11.4. The Labute approximate surface area is 94.6 Å². The van der Waals surface area contributed by atoms with E-state index in [4.69, 9.17) is 0 Å². The molecule has 86 valence electrons. The number of esters is 1. The van der Waals surface area contributed by atoms with Crippen LogP contribution in [0.3, 0.4) is 0 Å². The van der Waals surface area contributed by atoms with Crippen LogP contribution in [0.15, 0.2) is 0 Å². The Morgan fingerprint density at radius 2 is 2.33 bits per heavy atom. The first-order valence-electron chi connectivity index (χ1n) is 5.54. The van der Waals surface area contributed by atoms with Gasteiger partial charge in [0, 0.05) is 5.41 Å². The maximum atomic E-state index is 11.4. The van der Waals surface area contributed by atoms with Crippen molar-refractivity contribution in [2.24, 2.45) is 11.3 Å². The van der Waals surface area contributed by atoms with Crippen molar-refractivity contribution in [2.45, 2.75) is 31.8 Å². The average molecular weight is 230 g/mol. The van der Waals surface area contributed by atoms with Crippen molar-refractivity contribution >= 4 is 17.7 Å². The van der Waals surface area contributed by atoms with E-state index in [1.54, 1.807) is 0 Å². The third-order valence-corrected chi connectivity index (χ3v) is 4.99. The number of ether oxygens (including phenoxy) is 1. The Kier molecular flexibility index (Phi) is 3.26. The third kappa shape index (κ3) is 2.02. The van der Waals surface area contributed by atoms with Crippen LogP contribution in [0.4, 0.5) is 0 Å². The number of hydrogen-bond donors (Lipinski definition) is 1. The van der Waals surface area contributed by atoms with Gasteiger partial charge in [-0.3, -0.25) is 0 Å². The fourth-order valence-corrected chi connectivity index (χ4v) is 3.91. The Morgan fingerprint density at radius 1 is 1.60 bits per heavy atom. The van der Waals surface area contributed by atoms with Gasteiger partial charge in [-0.25, -0.2) is 4.79 Å². The van der Waals surface area contributed by atoms with Gasteiger partial charge >= 0.3 is 5.97 Å². The molecule has 0 aromatic carbocycles. The van der Waals surface area contributed by atoms with Crippen LogP contribution in [-0.4, -0.2) is 35.8 Å². The number of aliphatic hydroxyl groups excluding tert-OH is 1. The number of carbonyl (C=O) groups is 1. The fourth-order valence-electron chi connectivity index (χ4n) is 2.59. The van der Waals surface area contributed by atoms with E-state index < -0.39 is 12.1 Å². The van der Waals surface area contributed by atoms with E-state index in [2.05, 4.69) is 4.74 Å². The van der Waals surface area contributed by atoms with Crippen LogP contribution in [0, 0.1) is 11.3 Å². The summed E-state index contributed by atoms with van der Waals surface area (Å²) in [6, 6.07) is 0. The summed E-state index contributed by atoms with van der Waals surface area (Å²) in [7, 11) is 1.34. The SMILES string of the molecule is COC(=O)C(O)C1(C2CCCSC2)CC1. The predicted molar refractivity (Wildman–Crippen MR) is 59.7 cm³/mol. The highest BCUT2D eigenvalue weighted by Gasteiger charge is 2.57. The summed E-state index contributed by atoms with van der Waals surface area (Å²) in [5.74, 6) is 2.36. The summed E-state index contributed by atoms with van der Waals surface area (Å²) in [5.41, 5.74) is -0.138. The largest absolute Gasteiger partial charge is 0.467 e. The number of thioether (sulfide) groups is 1. The van der Waals surface area contributed by atoms with E-state index in [-0.39, 0.29) is 5.41 Å². The molecule has 15 heavy (non-hydrogen) atoms. The van der Waals surface area contributed by atoms with Gasteiger partial charge in [-0.2, -0.15) is 11.8 Å². The van der Waals surface area contributed by atoms with Gasteiger partial charge < -0.3 is 9.84 Å². The molecule has 1 aliphatic carbocycles.